The minimum atomic E-state index is 0.0969. The maximum absolute atomic E-state index is 12.3. The molecule has 3 N–H and O–H groups in total. The minimum absolute atomic E-state index is 0.0969. The Morgan fingerprint density at radius 1 is 1.18 bits per heavy atom. The quantitative estimate of drug-likeness (QED) is 0.713. The van der Waals surface area contributed by atoms with Gasteiger partial charge in [-0.15, -0.1) is 0 Å². The molecule has 3 nitrogen and oxygen atoms in total. The van der Waals surface area contributed by atoms with E-state index in [0.29, 0.717) is 17.9 Å². The monoisotopic (exact) mass is 234 g/mol. The molecular weight excluding hydrogens is 212 g/mol. The molecule has 3 heteroatoms. The largest absolute Gasteiger partial charge is 0.353 e. The van der Waals surface area contributed by atoms with Gasteiger partial charge in [0.1, 0.15) is 0 Å². The topological polar surface area (TPSA) is 55.1 Å². The van der Waals surface area contributed by atoms with Gasteiger partial charge in [0.25, 0.3) is 0 Å². The van der Waals surface area contributed by atoms with E-state index in [9.17, 15) is 4.79 Å². The molecule has 1 amide bonds. The van der Waals surface area contributed by atoms with Crippen LogP contribution in [0.5, 0.6) is 0 Å². The van der Waals surface area contributed by atoms with Crippen molar-refractivity contribution in [2.24, 2.45) is 23.5 Å². The Kier molecular flexibility index (Phi) is 2.95. The van der Waals surface area contributed by atoms with Crippen molar-refractivity contribution in [1.29, 1.82) is 0 Å². The lowest BCUT2D eigenvalue weighted by Crippen LogP contribution is -2.48. The first-order chi connectivity index (χ1) is 8.25. The average Bonchev–Trinajstić information content (AvgIpc) is 2.90. The van der Waals surface area contributed by atoms with Gasteiger partial charge in [-0.2, -0.15) is 0 Å². The van der Waals surface area contributed by atoms with Gasteiger partial charge < -0.3 is 11.1 Å². The number of rotatable bonds is 2. The molecule has 2 fully saturated rings. The number of nitrogens with one attached hydrogen (secondary N) is 1. The van der Waals surface area contributed by atoms with Crippen LogP contribution in [0, 0.1) is 17.8 Å². The molecule has 5 atom stereocenters. The molecule has 0 aromatic heterocycles. The summed E-state index contributed by atoms with van der Waals surface area (Å²) >= 11 is 0. The molecule has 0 aromatic rings. The van der Waals surface area contributed by atoms with E-state index in [1.807, 2.05) is 0 Å². The number of hydrogen-bond acceptors (Lipinski definition) is 2. The standard InChI is InChI=1S/C14H22N2O/c15-13-10-7-6-9(8-10)12(13)14(17)16-11-4-2-1-3-5-11/h1-2,9-13H,3-8,15H2,(H,16,17). The van der Waals surface area contributed by atoms with Crippen LogP contribution in [0.4, 0.5) is 0 Å². The number of amides is 1. The van der Waals surface area contributed by atoms with Gasteiger partial charge in [-0.05, 0) is 50.4 Å². The zero-order valence-electron chi connectivity index (χ0n) is 10.3. The van der Waals surface area contributed by atoms with Crippen molar-refractivity contribution in [2.75, 3.05) is 0 Å². The predicted molar refractivity (Wildman–Crippen MR) is 67.2 cm³/mol. The first-order valence-corrected chi connectivity index (χ1v) is 6.96. The summed E-state index contributed by atoms with van der Waals surface area (Å²) in [6.07, 6.45) is 11.2. The highest BCUT2D eigenvalue weighted by molar-refractivity contribution is 5.80. The van der Waals surface area contributed by atoms with E-state index in [2.05, 4.69) is 17.5 Å². The molecule has 3 aliphatic carbocycles. The zero-order chi connectivity index (χ0) is 11.8. The first kappa shape index (κ1) is 11.3. The second kappa shape index (κ2) is 4.45. The van der Waals surface area contributed by atoms with Crippen LogP contribution < -0.4 is 11.1 Å². The normalized spacial score (nSPS) is 43.9. The van der Waals surface area contributed by atoms with E-state index in [1.165, 1.54) is 19.3 Å². The lowest BCUT2D eigenvalue weighted by atomic mass is 9.84. The lowest BCUT2D eigenvalue weighted by Gasteiger charge is -2.29. The first-order valence-electron chi connectivity index (χ1n) is 6.96. The van der Waals surface area contributed by atoms with Crippen molar-refractivity contribution in [2.45, 2.75) is 50.6 Å². The van der Waals surface area contributed by atoms with E-state index in [0.717, 1.165) is 19.3 Å². The van der Waals surface area contributed by atoms with E-state index in [1.54, 1.807) is 0 Å². The van der Waals surface area contributed by atoms with Gasteiger partial charge in [-0.1, -0.05) is 12.2 Å². The molecule has 0 saturated heterocycles. The summed E-state index contributed by atoms with van der Waals surface area (Å²) in [4.78, 5) is 12.3. The molecular formula is C14H22N2O. The zero-order valence-corrected chi connectivity index (χ0v) is 10.3. The van der Waals surface area contributed by atoms with Crippen LogP contribution in [0.2, 0.25) is 0 Å². The summed E-state index contributed by atoms with van der Waals surface area (Å²) < 4.78 is 0. The van der Waals surface area contributed by atoms with E-state index >= 15 is 0 Å². The fourth-order valence-electron chi connectivity index (χ4n) is 3.95. The third-order valence-electron chi connectivity index (χ3n) is 4.90. The molecule has 0 spiro atoms. The summed E-state index contributed by atoms with van der Waals surface area (Å²) in [5.41, 5.74) is 6.20. The van der Waals surface area contributed by atoms with Crippen LogP contribution in [0.1, 0.15) is 38.5 Å². The van der Waals surface area contributed by atoms with Gasteiger partial charge in [-0.25, -0.2) is 0 Å². The summed E-state index contributed by atoms with van der Waals surface area (Å²) in [5.74, 6) is 1.50. The molecule has 17 heavy (non-hydrogen) atoms. The van der Waals surface area contributed by atoms with Gasteiger partial charge in [-0.3, -0.25) is 4.79 Å². The number of fused-ring (bicyclic) bond motifs is 2. The van der Waals surface area contributed by atoms with E-state index < -0.39 is 0 Å². The number of nitrogens with two attached hydrogens (primary N) is 1. The number of carbonyl (C=O) groups excluding carboxylic acids is 1. The van der Waals surface area contributed by atoms with Crippen molar-refractivity contribution < 1.29 is 4.79 Å². The van der Waals surface area contributed by atoms with Crippen molar-refractivity contribution in [3.8, 4) is 0 Å². The lowest BCUT2D eigenvalue weighted by molar-refractivity contribution is -0.127. The maximum atomic E-state index is 12.3. The molecule has 2 bridgehead atoms. The summed E-state index contributed by atoms with van der Waals surface area (Å²) in [5, 5.41) is 3.21. The minimum Gasteiger partial charge on any atom is -0.353 e. The highest BCUT2D eigenvalue weighted by atomic mass is 16.2. The van der Waals surface area contributed by atoms with Crippen molar-refractivity contribution >= 4 is 5.91 Å². The molecule has 2 saturated carbocycles. The van der Waals surface area contributed by atoms with Gasteiger partial charge in [0.15, 0.2) is 0 Å². The van der Waals surface area contributed by atoms with Crippen LogP contribution in [0.25, 0.3) is 0 Å². The third kappa shape index (κ3) is 2.01. The Hall–Kier alpha value is -0.830. The Morgan fingerprint density at radius 2 is 2.00 bits per heavy atom. The maximum Gasteiger partial charge on any atom is 0.225 e. The predicted octanol–water partition coefficient (Wildman–Crippen LogP) is 1.58. The Labute approximate surface area is 103 Å². The fraction of sp³-hybridized carbons (Fsp3) is 0.786. The second-order valence-electron chi connectivity index (χ2n) is 5.93. The molecule has 0 heterocycles. The average molecular weight is 234 g/mol. The molecule has 0 aliphatic heterocycles. The highest BCUT2D eigenvalue weighted by Crippen LogP contribution is 2.47. The number of hydrogen-bond donors (Lipinski definition) is 2. The van der Waals surface area contributed by atoms with Crippen molar-refractivity contribution in [1.82, 2.24) is 5.32 Å². The Morgan fingerprint density at radius 3 is 2.65 bits per heavy atom. The summed E-state index contributed by atoms with van der Waals surface area (Å²) in [6, 6.07) is 0.465. The highest BCUT2D eigenvalue weighted by Gasteiger charge is 2.49. The van der Waals surface area contributed by atoms with E-state index in [4.69, 9.17) is 5.73 Å². The van der Waals surface area contributed by atoms with Gasteiger partial charge in [0.2, 0.25) is 5.91 Å². The van der Waals surface area contributed by atoms with Crippen molar-refractivity contribution in [3.63, 3.8) is 0 Å². The fourth-order valence-corrected chi connectivity index (χ4v) is 3.95. The van der Waals surface area contributed by atoms with E-state index in [-0.39, 0.29) is 17.9 Å². The van der Waals surface area contributed by atoms with Gasteiger partial charge >= 0.3 is 0 Å². The van der Waals surface area contributed by atoms with Crippen LogP contribution in [-0.2, 0) is 4.79 Å². The Balaban J connectivity index is 1.60. The molecule has 0 aromatic carbocycles. The third-order valence-corrected chi connectivity index (χ3v) is 4.90. The molecule has 3 aliphatic rings. The molecule has 3 rings (SSSR count). The Bertz CT molecular complexity index is 337. The summed E-state index contributed by atoms with van der Waals surface area (Å²) in [7, 11) is 0. The molecule has 94 valence electrons. The SMILES string of the molecule is NC1C2CCC(C2)C1C(=O)NC1CC=CCC1. The second-order valence-corrected chi connectivity index (χ2v) is 5.93. The summed E-state index contributed by atoms with van der Waals surface area (Å²) in [6.45, 7) is 0. The van der Waals surface area contributed by atoms with Gasteiger partial charge in [0, 0.05) is 12.1 Å². The van der Waals surface area contributed by atoms with Crippen LogP contribution >= 0.6 is 0 Å². The smallest absolute Gasteiger partial charge is 0.225 e. The molecule has 0 radical (unpaired) electrons. The number of carbonyl (C=O) groups is 1. The van der Waals surface area contributed by atoms with Gasteiger partial charge in [0.05, 0.1) is 5.92 Å². The van der Waals surface area contributed by atoms with Crippen LogP contribution in [-0.4, -0.2) is 18.0 Å². The number of allylic oxidation sites excluding steroid dienone is 1. The molecule has 5 unspecified atom stereocenters. The van der Waals surface area contributed by atoms with Crippen molar-refractivity contribution in [3.05, 3.63) is 12.2 Å². The van der Waals surface area contributed by atoms with Crippen LogP contribution in [0.15, 0.2) is 12.2 Å². The van der Waals surface area contributed by atoms with Crippen LogP contribution in [0.3, 0.4) is 0 Å².